The lowest BCUT2D eigenvalue weighted by atomic mass is 10.4. The van der Waals surface area contributed by atoms with Crippen LogP contribution in [-0.2, 0) is 19.2 Å². The van der Waals surface area contributed by atoms with Crippen LogP contribution in [0.5, 0.6) is 0 Å². The summed E-state index contributed by atoms with van der Waals surface area (Å²) in [6, 6.07) is 0. The molecule has 0 radical (unpaired) electrons. The number of carbonyl (C=O) groups excluding carboxylic acids is 2. The second-order valence-corrected chi connectivity index (χ2v) is 2.94. The molecule has 2 aliphatic rings. The van der Waals surface area contributed by atoms with Gasteiger partial charge in [0.05, 0.1) is 0 Å². The largest absolute Gasteiger partial charge is 0.436 e. The summed E-state index contributed by atoms with van der Waals surface area (Å²) in [7, 11) is 0. The summed E-state index contributed by atoms with van der Waals surface area (Å²) in [6.07, 6.45) is 0.397. The number of rotatable bonds is 0. The lowest BCUT2D eigenvalue weighted by Crippen LogP contribution is -2.50. The molecule has 2 fully saturated rings. The van der Waals surface area contributed by atoms with Gasteiger partial charge in [-0.3, -0.25) is 0 Å². The van der Waals surface area contributed by atoms with Crippen LogP contribution in [0.25, 0.3) is 0 Å². The second-order valence-electron chi connectivity index (χ2n) is 2.94. The zero-order chi connectivity index (χ0) is 9.26. The van der Waals surface area contributed by atoms with Gasteiger partial charge in [-0.2, -0.15) is 0 Å². The van der Waals surface area contributed by atoms with E-state index in [4.69, 9.17) is 9.57 Å². The zero-order valence-electron chi connectivity index (χ0n) is 6.99. The summed E-state index contributed by atoms with van der Waals surface area (Å²) in [4.78, 5) is 26.4. The van der Waals surface area contributed by atoms with Crippen LogP contribution in [-0.4, -0.2) is 42.9 Å². The Morgan fingerprint density at radius 3 is 3.08 bits per heavy atom. The van der Waals surface area contributed by atoms with E-state index in [1.54, 1.807) is 0 Å². The highest BCUT2D eigenvalue weighted by Gasteiger charge is 2.37. The molecule has 6 heteroatoms. The Kier molecular flexibility index (Phi) is 2.15. The Morgan fingerprint density at radius 2 is 2.23 bits per heavy atom. The van der Waals surface area contributed by atoms with Crippen LogP contribution < -0.4 is 5.32 Å². The van der Waals surface area contributed by atoms with Crippen LogP contribution >= 0.6 is 0 Å². The quantitative estimate of drug-likeness (QED) is 0.371. The summed E-state index contributed by atoms with van der Waals surface area (Å²) in [5.41, 5.74) is 0. The number of hydrogen-bond acceptors (Lipinski definition) is 6. The van der Waals surface area contributed by atoms with Crippen molar-refractivity contribution in [1.29, 1.82) is 0 Å². The van der Waals surface area contributed by atoms with Gasteiger partial charge in [0.1, 0.15) is 0 Å². The molecule has 0 bridgehead atoms. The molecule has 0 aromatic rings. The molecule has 0 saturated carbocycles. The van der Waals surface area contributed by atoms with Crippen LogP contribution in [0.2, 0.25) is 0 Å². The van der Waals surface area contributed by atoms with E-state index >= 15 is 0 Å². The van der Waals surface area contributed by atoms with Crippen molar-refractivity contribution in [1.82, 2.24) is 10.4 Å². The van der Waals surface area contributed by atoms with Crippen LogP contribution in [0.15, 0.2) is 0 Å². The maximum atomic E-state index is 10.8. The number of hydrogen-bond donors (Lipinski definition) is 1. The molecule has 1 unspecified atom stereocenters. The van der Waals surface area contributed by atoms with Crippen molar-refractivity contribution in [3.63, 3.8) is 0 Å². The summed E-state index contributed by atoms with van der Waals surface area (Å²) in [5, 5.41) is 4.48. The summed E-state index contributed by atoms with van der Waals surface area (Å²) in [6.45, 7) is 1.93. The van der Waals surface area contributed by atoms with Gasteiger partial charge in [0.25, 0.3) is 0 Å². The van der Waals surface area contributed by atoms with E-state index in [0.29, 0.717) is 13.1 Å². The Labute approximate surface area is 74.7 Å². The SMILES string of the molecule is O=C1OC2CNCCCN2OC1=O. The molecule has 1 N–H and O–H groups in total. The van der Waals surface area contributed by atoms with Gasteiger partial charge in [-0.05, 0) is 13.0 Å². The number of fused-ring (bicyclic) bond motifs is 1. The third-order valence-electron chi connectivity index (χ3n) is 1.98. The van der Waals surface area contributed by atoms with E-state index in [0.717, 1.165) is 13.0 Å². The number of nitrogens with one attached hydrogen (secondary N) is 1. The molecule has 0 aromatic carbocycles. The number of ether oxygens (including phenoxy) is 1. The maximum Gasteiger partial charge on any atom is 0.436 e. The first-order valence-corrected chi connectivity index (χ1v) is 4.17. The summed E-state index contributed by atoms with van der Waals surface area (Å²) in [5.74, 6) is -1.84. The molecule has 1 atom stereocenters. The standard InChI is InChI=1S/C7H10N2O4/c10-6-7(11)13-9-3-1-2-8-4-5(9)12-6/h5,8H,1-4H2. The molecule has 2 aliphatic heterocycles. The fraction of sp³-hybridized carbons (Fsp3) is 0.714. The average molecular weight is 186 g/mol. The van der Waals surface area contributed by atoms with E-state index in [9.17, 15) is 9.59 Å². The smallest absolute Gasteiger partial charge is 0.433 e. The number of nitrogens with zero attached hydrogens (tertiary/aromatic N) is 1. The molecule has 2 heterocycles. The number of esters is 1. The maximum absolute atomic E-state index is 10.8. The molecule has 0 aromatic heterocycles. The van der Waals surface area contributed by atoms with Crippen molar-refractivity contribution in [3.8, 4) is 0 Å². The number of carbonyl (C=O) groups is 2. The van der Waals surface area contributed by atoms with E-state index in [1.165, 1.54) is 5.06 Å². The second kappa shape index (κ2) is 3.31. The highest BCUT2D eigenvalue weighted by molar-refractivity contribution is 6.29. The zero-order valence-corrected chi connectivity index (χ0v) is 6.99. The van der Waals surface area contributed by atoms with Crippen molar-refractivity contribution in [3.05, 3.63) is 0 Å². The molecular weight excluding hydrogens is 176 g/mol. The highest BCUT2D eigenvalue weighted by atomic mass is 16.8. The number of hydroxylamine groups is 2. The van der Waals surface area contributed by atoms with E-state index in [-0.39, 0.29) is 0 Å². The lowest BCUT2D eigenvalue weighted by molar-refractivity contribution is -0.262. The van der Waals surface area contributed by atoms with Gasteiger partial charge >= 0.3 is 11.9 Å². The predicted octanol–water partition coefficient (Wildman–Crippen LogP) is -1.38. The minimum Gasteiger partial charge on any atom is -0.433 e. The Morgan fingerprint density at radius 1 is 1.38 bits per heavy atom. The Bertz CT molecular complexity index is 219. The topological polar surface area (TPSA) is 67.9 Å². The van der Waals surface area contributed by atoms with Crippen molar-refractivity contribution >= 4 is 11.9 Å². The normalized spacial score (nSPS) is 30.0. The van der Waals surface area contributed by atoms with E-state index in [2.05, 4.69) is 5.32 Å². The first kappa shape index (κ1) is 8.46. The molecule has 0 spiro atoms. The minimum atomic E-state index is -0.932. The molecule has 0 aliphatic carbocycles. The van der Waals surface area contributed by atoms with Gasteiger partial charge in [-0.25, -0.2) is 9.59 Å². The van der Waals surface area contributed by atoms with Crippen LogP contribution in [0.1, 0.15) is 6.42 Å². The van der Waals surface area contributed by atoms with E-state index < -0.39 is 18.2 Å². The predicted molar refractivity (Wildman–Crippen MR) is 40.2 cm³/mol. The first-order chi connectivity index (χ1) is 6.27. The fourth-order valence-corrected chi connectivity index (χ4v) is 1.35. The third-order valence-corrected chi connectivity index (χ3v) is 1.98. The Balaban J connectivity index is 2.07. The van der Waals surface area contributed by atoms with E-state index in [1.807, 2.05) is 0 Å². The first-order valence-electron chi connectivity index (χ1n) is 4.17. The minimum absolute atomic E-state index is 0.465. The van der Waals surface area contributed by atoms with Gasteiger partial charge in [0.2, 0.25) is 0 Å². The summed E-state index contributed by atoms with van der Waals surface area (Å²) < 4.78 is 4.83. The lowest BCUT2D eigenvalue weighted by Gasteiger charge is -2.30. The monoisotopic (exact) mass is 186 g/mol. The van der Waals surface area contributed by atoms with Crippen molar-refractivity contribution in [2.24, 2.45) is 0 Å². The van der Waals surface area contributed by atoms with Crippen LogP contribution in [0, 0.1) is 0 Å². The third kappa shape index (κ3) is 1.63. The van der Waals surface area contributed by atoms with Crippen molar-refractivity contribution < 1.29 is 19.2 Å². The van der Waals surface area contributed by atoms with Gasteiger partial charge in [0, 0.05) is 13.1 Å². The Hall–Kier alpha value is -1.14. The van der Waals surface area contributed by atoms with Crippen molar-refractivity contribution in [2.45, 2.75) is 12.6 Å². The molecule has 6 nitrogen and oxygen atoms in total. The van der Waals surface area contributed by atoms with Crippen LogP contribution in [0.4, 0.5) is 0 Å². The molecule has 0 amide bonds. The van der Waals surface area contributed by atoms with Gasteiger partial charge in [-0.1, -0.05) is 5.06 Å². The van der Waals surface area contributed by atoms with Gasteiger partial charge in [-0.15, -0.1) is 0 Å². The molecule has 13 heavy (non-hydrogen) atoms. The highest BCUT2D eigenvalue weighted by Crippen LogP contribution is 2.12. The molecule has 72 valence electrons. The molecule has 2 saturated heterocycles. The fourth-order valence-electron chi connectivity index (χ4n) is 1.35. The van der Waals surface area contributed by atoms with Gasteiger partial charge < -0.3 is 14.9 Å². The molecule has 2 rings (SSSR count). The summed E-state index contributed by atoms with van der Waals surface area (Å²) >= 11 is 0. The average Bonchev–Trinajstić information content (AvgIpc) is 2.31. The molecular formula is C7H10N2O4. The van der Waals surface area contributed by atoms with Crippen LogP contribution in [0.3, 0.4) is 0 Å². The van der Waals surface area contributed by atoms with Crippen molar-refractivity contribution in [2.75, 3.05) is 19.6 Å². The van der Waals surface area contributed by atoms with Gasteiger partial charge in [0.15, 0.2) is 6.23 Å².